The molecule has 4 rings (SSSR count). The number of nitrogens with one attached hydrogen (secondary N) is 3. The number of carbonyl (C=O) groups excluding carboxylic acids is 3. The van der Waals surface area contributed by atoms with E-state index >= 15 is 0 Å². The molecule has 1 aliphatic heterocycles. The van der Waals surface area contributed by atoms with Crippen LogP contribution in [0, 0.1) is 11.8 Å². The molecule has 1 fully saturated rings. The monoisotopic (exact) mass is 525 g/mol. The number of rotatable bonds is 7. The molecule has 0 saturated carbocycles. The highest BCUT2D eigenvalue weighted by molar-refractivity contribution is 5.98. The Morgan fingerprint density at radius 2 is 1.69 bits per heavy atom. The predicted octanol–water partition coefficient (Wildman–Crippen LogP) is 3.19. The number of likely N-dealkylation sites (N-methyl/N-ethyl adjacent to an activating group) is 1. The minimum Gasteiger partial charge on any atom is -0.369 e. The summed E-state index contributed by atoms with van der Waals surface area (Å²) in [6, 6.07) is 19.9. The normalized spacial score (nSPS) is 14.2. The predicted molar refractivity (Wildman–Crippen MR) is 154 cm³/mol. The van der Waals surface area contributed by atoms with Crippen LogP contribution in [0.4, 0.5) is 5.69 Å². The maximum Gasteiger partial charge on any atom is 0.314 e. The van der Waals surface area contributed by atoms with Gasteiger partial charge in [0.15, 0.2) is 0 Å². The van der Waals surface area contributed by atoms with Gasteiger partial charge in [-0.25, -0.2) is 0 Å². The number of hydrogen-bond donors (Lipinski definition) is 3. The summed E-state index contributed by atoms with van der Waals surface area (Å²) >= 11 is 0. The smallest absolute Gasteiger partial charge is 0.314 e. The zero-order valence-corrected chi connectivity index (χ0v) is 22.7. The van der Waals surface area contributed by atoms with Gasteiger partial charge in [-0.1, -0.05) is 54.5 Å². The number of hydrazine groups is 1. The van der Waals surface area contributed by atoms with Crippen LogP contribution in [0.3, 0.4) is 0 Å². The second-order valence-electron chi connectivity index (χ2n) is 9.77. The Labute approximate surface area is 229 Å². The standard InChI is InChI=1S/C31H35N5O3/c1-4-8-29(37)33-34-30(38)16-14-24-13-15-25(36-19-17-35(3)18-20-36)21-28(24)31(39)32-22(2)26-12-7-10-23-9-5-6-11-27(23)26/h5-7,9-13,15,21-22H,14,16-20H2,1-3H3,(H,32,39)(H,33,37)(H,34,38)/t22-/m1/s1. The van der Waals surface area contributed by atoms with Crippen LogP contribution in [-0.2, 0) is 16.0 Å². The summed E-state index contributed by atoms with van der Waals surface area (Å²) in [5.41, 5.74) is 7.99. The van der Waals surface area contributed by atoms with E-state index in [1.165, 1.54) is 0 Å². The molecule has 3 N–H and O–H groups in total. The SMILES string of the molecule is CC#CC(=O)NNC(=O)CCc1ccc(N2CCN(C)CC2)cc1C(=O)N[C@H](C)c1cccc2ccccc12. The van der Waals surface area contributed by atoms with Gasteiger partial charge in [0.25, 0.3) is 5.91 Å². The fourth-order valence-corrected chi connectivity index (χ4v) is 4.82. The van der Waals surface area contributed by atoms with E-state index in [-0.39, 0.29) is 24.3 Å². The van der Waals surface area contributed by atoms with E-state index in [1.807, 2.05) is 49.4 Å². The first-order chi connectivity index (χ1) is 18.9. The van der Waals surface area contributed by atoms with E-state index in [4.69, 9.17) is 0 Å². The average Bonchev–Trinajstić information content (AvgIpc) is 2.95. The molecule has 39 heavy (non-hydrogen) atoms. The average molecular weight is 526 g/mol. The number of benzene rings is 3. The highest BCUT2D eigenvalue weighted by Gasteiger charge is 2.21. The molecule has 202 valence electrons. The lowest BCUT2D eigenvalue weighted by atomic mass is 9.97. The first-order valence-electron chi connectivity index (χ1n) is 13.2. The van der Waals surface area contributed by atoms with Gasteiger partial charge >= 0.3 is 5.91 Å². The van der Waals surface area contributed by atoms with Crippen molar-refractivity contribution in [2.45, 2.75) is 32.7 Å². The molecule has 0 radical (unpaired) electrons. The van der Waals surface area contributed by atoms with Crippen LogP contribution < -0.4 is 21.1 Å². The maximum absolute atomic E-state index is 13.7. The van der Waals surface area contributed by atoms with Crippen LogP contribution in [-0.4, -0.2) is 55.8 Å². The van der Waals surface area contributed by atoms with Gasteiger partial charge in [-0.05, 0) is 67.3 Å². The zero-order chi connectivity index (χ0) is 27.8. The summed E-state index contributed by atoms with van der Waals surface area (Å²) in [6.07, 6.45) is 0.447. The van der Waals surface area contributed by atoms with E-state index in [0.29, 0.717) is 12.0 Å². The Morgan fingerprint density at radius 3 is 2.46 bits per heavy atom. The largest absolute Gasteiger partial charge is 0.369 e. The van der Waals surface area contributed by atoms with Crippen molar-refractivity contribution >= 4 is 34.2 Å². The molecule has 0 aliphatic carbocycles. The molecular formula is C31H35N5O3. The molecule has 1 saturated heterocycles. The molecule has 8 heteroatoms. The number of nitrogens with zero attached hydrogens (tertiary/aromatic N) is 2. The molecule has 8 nitrogen and oxygen atoms in total. The zero-order valence-electron chi connectivity index (χ0n) is 22.7. The summed E-state index contributed by atoms with van der Waals surface area (Å²) in [5, 5.41) is 5.41. The van der Waals surface area contributed by atoms with Crippen LogP contribution in [0.2, 0.25) is 0 Å². The molecule has 3 amide bonds. The number of fused-ring (bicyclic) bond motifs is 1. The Balaban J connectivity index is 1.54. The van der Waals surface area contributed by atoms with Gasteiger partial charge in [0, 0.05) is 43.9 Å². The molecule has 0 bridgehead atoms. The van der Waals surface area contributed by atoms with Gasteiger partial charge in [0.05, 0.1) is 6.04 Å². The van der Waals surface area contributed by atoms with Gasteiger partial charge in [0.2, 0.25) is 5.91 Å². The maximum atomic E-state index is 13.7. The third-order valence-corrected chi connectivity index (χ3v) is 7.02. The Kier molecular flexibility index (Phi) is 9.18. The van der Waals surface area contributed by atoms with Crippen molar-refractivity contribution in [2.24, 2.45) is 0 Å². The van der Waals surface area contributed by atoms with Crippen molar-refractivity contribution in [1.29, 1.82) is 0 Å². The minimum atomic E-state index is -0.579. The summed E-state index contributed by atoms with van der Waals surface area (Å²) in [6.45, 7) is 7.20. The van der Waals surface area contributed by atoms with Crippen LogP contribution in [0.15, 0.2) is 60.7 Å². The molecule has 1 aliphatic rings. The molecule has 1 atom stereocenters. The van der Waals surface area contributed by atoms with Crippen molar-refractivity contribution in [3.63, 3.8) is 0 Å². The number of hydrogen-bond acceptors (Lipinski definition) is 5. The fraction of sp³-hybridized carbons (Fsp3) is 0.323. The topological polar surface area (TPSA) is 93.8 Å². The Bertz CT molecular complexity index is 1410. The fourth-order valence-electron chi connectivity index (χ4n) is 4.82. The van der Waals surface area contributed by atoms with Gasteiger partial charge in [-0.3, -0.25) is 25.2 Å². The van der Waals surface area contributed by atoms with Crippen molar-refractivity contribution in [1.82, 2.24) is 21.1 Å². The summed E-state index contributed by atoms with van der Waals surface area (Å²) in [4.78, 5) is 42.1. The Morgan fingerprint density at radius 1 is 0.949 bits per heavy atom. The van der Waals surface area contributed by atoms with Crippen molar-refractivity contribution in [3.8, 4) is 11.8 Å². The first-order valence-corrected chi connectivity index (χ1v) is 13.2. The molecule has 3 aromatic rings. The number of amides is 3. The van der Waals surface area contributed by atoms with Crippen molar-refractivity contribution < 1.29 is 14.4 Å². The lowest BCUT2D eigenvalue weighted by molar-refractivity contribution is -0.126. The van der Waals surface area contributed by atoms with Gasteiger partial charge < -0.3 is 15.1 Å². The van der Waals surface area contributed by atoms with E-state index in [1.54, 1.807) is 6.92 Å². The van der Waals surface area contributed by atoms with E-state index in [2.05, 4.69) is 63.1 Å². The summed E-state index contributed by atoms with van der Waals surface area (Å²) in [7, 11) is 2.11. The van der Waals surface area contributed by atoms with Crippen LogP contribution >= 0.6 is 0 Å². The van der Waals surface area contributed by atoms with Crippen LogP contribution in [0.5, 0.6) is 0 Å². The molecule has 0 aromatic heterocycles. The summed E-state index contributed by atoms with van der Waals surface area (Å²) < 4.78 is 0. The second-order valence-corrected chi connectivity index (χ2v) is 9.77. The third kappa shape index (κ3) is 7.15. The first kappa shape index (κ1) is 27.7. The highest BCUT2D eigenvalue weighted by Crippen LogP contribution is 2.26. The molecular weight excluding hydrogens is 490 g/mol. The van der Waals surface area contributed by atoms with Gasteiger partial charge in [-0.2, -0.15) is 0 Å². The highest BCUT2D eigenvalue weighted by atomic mass is 16.2. The van der Waals surface area contributed by atoms with Crippen LogP contribution in [0.25, 0.3) is 10.8 Å². The van der Waals surface area contributed by atoms with Gasteiger partial charge in [-0.15, -0.1) is 0 Å². The molecule has 0 spiro atoms. The van der Waals surface area contributed by atoms with Gasteiger partial charge in [0.1, 0.15) is 0 Å². The molecule has 3 aromatic carbocycles. The quantitative estimate of drug-likeness (QED) is 0.326. The molecule has 0 unspecified atom stereocenters. The number of piperazine rings is 1. The van der Waals surface area contributed by atoms with Crippen molar-refractivity contribution in [3.05, 3.63) is 77.4 Å². The third-order valence-electron chi connectivity index (χ3n) is 7.02. The van der Waals surface area contributed by atoms with Crippen LogP contribution in [0.1, 0.15) is 47.8 Å². The number of aryl methyl sites for hydroxylation is 1. The van der Waals surface area contributed by atoms with E-state index < -0.39 is 5.91 Å². The number of anilines is 1. The minimum absolute atomic E-state index is 0.104. The van der Waals surface area contributed by atoms with E-state index in [0.717, 1.165) is 53.8 Å². The molecule has 1 heterocycles. The van der Waals surface area contributed by atoms with E-state index in [9.17, 15) is 14.4 Å². The lowest BCUT2D eigenvalue weighted by Gasteiger charge is -2.34. The summed E-state index contributed by atoms with van der Waals surface area (Å²) in [5.74, 6) is 3.66. The second kappa shape index (κ2) is 12.9. The Hall–Kier alpha value is -4.35. The number of carbonyl (C=O) groups is 3. The lowest BCUT2D eigenvalue weighted by Crippen LogP contribution is -2.44. The van der Waals surface area contributed by atoms with Crippen molar-refractivity contribution in [2.75, 3.05) is 38.1 Å².